The zero-order chi connectivity index (χ0) is 13.1. The molecule has 4 nitrogen and oxygen atoms in total. The number of aryl methyl sites for hydroxylation is 2. The summed E-state index contributed by atoms with van der Waals surface area (Å²) in [5, 5.41) is 3.86. The first-order valence-corrected chi connectivity index (χ1v) is 6.81. The van der Waals surface area contributed by atoms with E-state index in [9.17, 15) is 4.79 Å². The van der Waals surface area contributed by atoms with Crippen LogP contribution in [0.25, 0.3) is 0 Å². The van der Waals surface area contributed by atoms with E-state index < -0.39 is 0 Å². The highest BCUT2D eigenvalue weighted by molar-refractivity contribution is 5.96. The average molecular weight is 250 g/mol. The standard InChI is InChI=1S/C14H22N2O2/c1-10-13(11(2)18-15-10)14(17)16(3)12-8-6-4-5-7-9-12/h12H,4-9H2,1-3H3. The zero-order valence-electron chi connectivity index (χ0n) is 11.5. The molecule has 1 aliphatic carbocycles. The van der Waals surface area contributed by atoms with Crippen molar-refractivity contribution in [2.24, 2.45) is 0 Å². The lowest BCUT2D eigenvalue weighted by molar-refractivity contribution is 0.0715. The van der Waals surface area contributed by atoms with Crippen LogP contribution in [-0.4, -0.2) is 29.1 Å². The predicted molar refractivity (Wildman–Crippen MR) is 69.6 cm³/mol. The highest BCUT2D eigenvalue weighted by atomic mass is 16.5. The first-order chi connectivity index (χ1) is 8.61. The Morgan fingerprint density at radius 1 is 1.22 bits per heavy atom. The van der Waals surface area contributed by atoms with Crippen molar-refractivity contribution in [3.8, 4) is 0 Å². The normalized spacial score (nSPS) is 17.5. The van der Waals surface area contributed by atoms with Gasteiger partial charge in [0, 0.05) is 13.1 Å². The molecule has 1 aliphatic rings. The summed E-state index contributed by atoms with van der Waals surface area (Å²) in [5.41, 5.74) is 1.33. The third kappa shape index (κ3) is 2.57. The minimum absolute atomic E-state index is 0.0538. The molecule has 1 saturated carbocycles. The monoisotopic (exact) mass is 250 g/mol. The molecule has 1 amide bonds. The van der Waals surface area contributed by atoms with Gasteiger partial charge in [-0.15, -0.1) is 0 Å². The molecule has 0 atom stereocenters. The van der Waals surface area contributed by atoms with Crippen molar-refractivity contribution in [1.82, 2.24) is 10.1 Å². The summed E-state index contributed by atoms with van der Waals surface area (Å²) < 4.78 is 5.08. The van der Waals surface area contributed by atoms with E-state index in [1.807, 2.05) is 18.9 Å². The van der Waals surface area contributed by atoms with Crippen LogP contribution in [0.3, 0.4) is 0 Å². The minimum atomic E-state index is 0.0538. The third-order valence-corrected chi connectivity index (χ3v) is 3.94. The molecule has 0 unspecified atom stereocenters. The van der Waals surface area contributed by atoms with Crippen molar-refractivity contribution in [3.05, 3.63) is 17.0 Å². The van der Waals surface area contributed by atoms with E-state index in [0.29, 0.717) is 23.1 Å². The van der Waals surface area contributed by atoms with Crippen molar-refractivity contribution in [3.63, 3.8) is 0 Å². The molecule has 1 heterocycles. The van der Waals surface area contributed by atoms with Gasteiger partial charge in [-0.3, -0.25) is 4.79 Å². The summed E-state index contributed by atoms with van der Waals surface area (Å²) in [7, 11) is 1.91. The summed E-state index contributed by atoms with van der Waals surface area (Å²) >= 11 is 0. The Kier molecular flexibility index (Phi) is 4.04. The fraction of sp³-hybridized carbons (Fsp3) is 0.714. The minimum Gasteiger partial charge on any atom is -0.361 e. The molecule has 0 radical (unpaired) electrons. The Hall–Kier alpha value is -1.32. The molecule has 1 fully saturated rings. The van der Waals surface area contributed by atoms with E-state index in [4.69, 9.17) is 4.52 Å². The zero-order valence-corrected chi connectivity index (χ0v) is 11.5. The number of carbonyl (C=O) groups is 1. The Morgan fingerprint density at radius 3 is 2.33 bits per heavy atom. The van der Waals surface area contributed by atoms with Gasteiger partial charge in [-0.1, -0.05) is 30.8 Å². The summed E-state index contributed by atoms with van der Waals surface area (Å²) in [6.45, 7) is 3.62. The average Bonchev–Trinajstić information content (AvgIpc) is 2.61. The number of aromatic nitrogens is 1. The molecule has 0 aliphatic heterocycles. The maximum atomic E-state index is 12.5. The van der Waals surface area contributed by atoms with Gasteiger partial charge in [0.1, 0.15) is 11.3 Å². The number of hydrogen-bond donors (Lipinski definition) is 0. The van der Waals surface area contributed by atoms with Crippen molar-refractivity contribution in [2.45, 2.75) is 58.4 Å². The number of hydrogen-bond acceptors (Lipinski definition) is 3. The van der Waals surface area contributed by atoms with Crippen LogP contribution in [0.15, 0.2) is 4.52 Å². The molecule has 0 N–H and O–H groups in total. The van der Waals surface area contributed by atoms with Crippen LogP contribution < -0.4 is 0 Å². The molecule has 0 saturated heterocycles. The van der Waals surface area contributed by atoms with Crippen molar-refractivity contribution < 1.29 is 9.32 Å². The van der Waals surface area contributed by atoms with Crippen LogP contribution >= 0.6 is 0 Å². The van der Waals surface area contributed by atoms with Crippen molar-refractivity contribution in [2.75, 3.05) is 7.05 Å². The SMILES string of the molecule is Cc1noc(C)c1C(=O)N(C)C1CCCCCC1. The Balaban J connectivity index is 2.12. The second kappa shape index (κ2) is 5.55. The lowest BCUT2D eigenvalue weighted by Gasteiger charge is -2.27. The van der Waals surface area contributed by atoms with Gasteiger partial charge in [0.15, 0.2) is 0 Å². The first kappa shape index (κ1) is 13.1. The van der Waals surface area contributed by atoms with Crippen LogP contribution in [0.5, 0.6) is 0 Å². The third-order valence-electron chi connectivity index (χ3n) is 3.94. The topological polar surface area (TPSA) is 46.3 Å². The maximum absolute atomic E-state index is 12.5. The van der Waals surface area contributed by atoms with Gasteiger partial charge in [-0.2, -0.15) is 0 Å². The van der Waals surface area contributed by atoms with Gasteiger partial charge < -0.3 is 9.42 Å². The highest BCUT2D eigenvalue weighted by Gasteiger charge is 2.26. The van der Waals surface area contributed by atoms with Gasteiger partial charge in [0.25, 0.3) is 5.91 Å². The number of amides is 1. The smallest absolute Gasteiger partial charge is 0.259 e. The summed E-state index contributed by atoms with van der Waals surface area (Å²) in [6.07, 6.45) is 7.28. The fourth-order valence-electron chi connectivity index (χ4n) is 2.78. The van der Waals surface area contributed by atoms with E-state index in [1.165, 1.54) is 25.7 Å². The molecule has 1 aromatic rings. The largest absolute Gasteiger partial charge is 0.361 e. The quantitative estimate of drug-likeness (QED) is 0.758. The molecular formula is C14H22N2O2. The Morgan fingerprint density at radius 2 is 1.83 bits per heavy atom. The molecule has 1 aromatic heterocycles. The molecule has 0 bridgehead atoms. The fourth-order valence-corrected chi connectivity index (χ4v) is 2.78. The molecule has 100 valence electrons. The van der Waals surface area contributed by atoms with E-state index in [-0.39, 0.29) is 5.91 Å². The van der Waals surface area contributed by atoms with E-state index in [1.54, 1.807) is 6.92 Å². The Bertz CT molecular complexity index is 398. The number of rotatable bonds is 2. The van der Waals surface area contributed by atoms with Crippen LogP contribution in [-0.2, 0) is 0 Å². The predicted octanol–water partition coefficient (Wildman–Crippen LogP) is 3.09. The van der Waals surface area contributed by atoms with Gasteiger partial charge in [-0.05, 0) is 26.7 Å². The van der Waals surface area contributed by atoms with E-state index in [0.717, 1.165) is 12.8 Å². The van der Waals surface area contributed by atoms with Crippen LogP contribution in [0.1, 0.15) is 60.3 Å². The van der Waals surface area contributed by atoms with Crippen molar-refractivity contribution >= 4 is 5.91 Å². The highest BCUT2D eigenvalue weighted by Crippen LogP contribution is 2.23. The molecule has 0 spiro atoms. The molecule has 0 aromatic carbocycles. The summed E-state index contributed by atoms with van der Waals surface area (Å²) in [6, 6.07) is 0.369. The van der Waals surface area contributed by atoms with Crippen molar-refractivity contribution in [1.29, 1.82) is 0 Å². The molecular weight excluding hydrogens is 228 g/mol. The number of carbonyl (C=O) groups excluding carboxylic acids is 1. The van der Waals surface area contributed by atoms with Gasteiger partial charge in [0.2, 0.25) is 0 Å². The Labute approximate surface area is 108 Å². The maximum Gasteiger partial charge on any atom is 0.259 e. The summed E-state index contributed by atoms with van der Waals surface area (Å²) in [4.78, 5) is 14.4. The second-order valence-electron chi connectivity index (χ2n) is 5.26. The lowest BCUT2D eigenvalue weighted by Crippen LogP contribution is -2.37. The van der Waals surface area contributed by atoms with Gasteiger partial charge in [0.05, 0.1) is 5.69 Å². The molecule has 18 heavy (non-hydrogen) atoms. The van der Waals surface area contributed by atoms with E-state index in [2.05, 4.69) is 5.16 Å². The van der Waals surface area contributed by atoms with E-state index >= 15 is 0 Å². The molecule has 4 heteroatoms. The van der Waals surface area contributed by atoms with Crippen LogP contribution in [0.2, 0.25) is 0 Å². The van der Waals surface area contributed by atoms with Gasteiger partial charge >= 0.3 is 0 Å². The second-order valence-corrected chi connectivity index (χ2v) is 5.26. The van der Waals surface area contributed by atoms with Gasteiger partial charge in [-0.25, -0.2) is 0 Å². The summed E-state index contributed by atoms with van der Waals surface area (Å²) in [5.74, 6) is 0.677. The first-order valence-electron chi connectivity index (χ1n) is 6.81. The van der Waals surface area contributed by atoms with Crippen LogP contribution in [0, 0.1) is 13.8 Å². The lowest BCUT2D eigenvalue weighted by atomic mass is 10.1. The van der Waals surface area contributed by atoms with Crippen LogP contribution in [0.4, 0.5) is 0 Å². The molecule has 2 rings (SSSR count). The number of nitrogens with zero attached hydrogens (tertiary/aromatic N) is 2.